The first-order chi connectivity index (χ1) is 10.4. The van der Waals surface area contributed by atoms with Gasteiger partial charge in [0, 0.05) is 31.2 Å². The summed E-state index contributed by atoms with van der Waals surface area (Å²) in [5, 5.41) is 11.9. The van der Waals surface area contributed by atoms with Crippen molar-refractivity contribution in [3.05, 3.63) is 23.9 Å². The van der Waals surface area contributed by atoms with Crippen molar-refractivity contribution in [1.29, 1.82) is 5.26 Å². The minimum Gasteiger partial charge on any atom is -0.356 e. The van der Waals surface area contributed by atoms with Gasteiger partial charge in [0.25, 0.3) is 0 Å². The highest BCUT2D eigenvalue weighted by Gasteiger charge is 2.24. The number of carbonyl (C=O) groups is 1. The quantitative estimate of drug-likeness (QED) is 0.930. The number of carbonyl (C=O) groups excluding carboxylic acids is 1. The molecule has 1 saturated heterocycles. The van der Waals surface area contributed by atoms with Gasteiger partial charge in [0.15, 0.2) is 0 Å². The van der Waals surface area contributed by atoms with Crippen molar-refractivity contribution in [3.8, 4) is 6.07 Å². The van der Waals surface area contributed by atoms with Crippen LogP contribution in [0.15, 0.2) is 18.3 Å². The van der Waals surface area contributed by atoms with E-state index in [0.717, 1.165) is 31.7 Å². The Morgan fingerprint density at radius 2 is 2.27 bits per heavy atom. The Morgan fingerprint density at radius 3 is 2.86 bits per heavy atom. The number of hydrogen-bond acceptors (Lipinski definition) is 4. The van der Waals surface area contributed by atoms with Crippen LogP contribution in [-0.4, -0.2) is 30.5 Å². The molecule has 1 aromatic heterocycles. The second-order valence-corrected chi connectivity index (χ2v) is 6.93. The van der Waals surface area contributed by atoms with Crippen LogP contribution < -0.4 is 10.2 Å². The summed E-state index contributed by atoms with van der Waals surface area (Å²) in [6, 6.07) is 5.78. The smallest absolute Gasteiger partial charge is 0.225 e. The van der Waals surface area contributed by atoms with Gasteiger partial charge >= 0.3 is 0 Å². The molecule has 0 bridgehead atoms. The zero-order valence-electron chi connectivity index (χ0n) is 13.6. The van der Waals surface area contributed by atoms with Crippen molar-refractivity contribution in [1.82, 2.24) is 10.3 Å². The summed E-state index contributed by atoms with van der Waals surface area (Å²) in [6.07, 6.45) is 3.83. The van der Waals surface area contributed by atoms with E-state index in [2.05, 4.69) is 21.3 Å². The molecule has 1 amide bonds. The molecule has 1 fully saturated rings. The first kappa shape index (κ1) is 16.3. The normalized spacial score (nSPS) is 18.6. The third-order valence-electron chi connectivity index (χ3n) is 3.95. The number of hydrogen-bond donors (Lipinski definition) is 1. The summed E-state index contributed by atoms with van der Waals surface area (Å²) in [7, 11) is 0. The molecule has 1 unspecified atom stereocenters. The van der Waals surface area contributed by atoms with Gasteiger partial charge in [-0.1, -0.05) is 20.8 Å². The second kappa shape index (κ2) is 6.78. The van der Waals surface area contributed by atoms with Crippen LogP contribution in [0.1, 0.15) is 39.2 Å². The van der Waals surface area contributed by atoms with E-state index in [1.165, 1.54) is 0 Å². The summed E-state index contributed by atoms with van der Waals surface area (Å²) in [5.41, 5.74) is 0.234. The number of amides is 1. The molecular weight excluding hydrogens is 276 g/mol. The van der Waals surface area contributed by atoms with E-state index in [1.807, 2.05) is 26.8 Å². The van der Waals surface area contributed by atoms with Gasteiger partial charge in [0.05, 0.1) is 5.56 Å². The fourth-order valence-corrected chi connectivity index (χ4v) is 2.58. The molecule has 5 heteroatoms. The highest BCUT2D eigenvalue weighted by Crippen LogP contribution is 2.22. The molecule has 0 aliphatic carbocycles. The summed E-state index contributed by atoms with van der Waals surface area (Å²) in [4.78, 5) is 18.6. The van der Waals surface area contributed by atoms with E-state index < -0.39 is 0 Å². The zero-order valence-corrected chi connectivity index (χ0v) is 13.6. The standard InChI is InChI=1S/C17H24N4O/c1-17(2,3)16(22)20-11-14-5-4-8-21(12-14)15-7-6-13(9-18)10-19-15/h6-7,10,14H,4-5,8,11-12H2,1-3H3,(H,20,22). The first-order valence-corrected chi connectivity index (χ1v) is 7.79. The number of piperidine rings is 1. The number of nitriles is 1. The molecule has 1 atom stereocenters. The number of aromatic nitrogens is 1. The third-order valence-corrected chi connectivity index (χ3v) is 3.95. The molecule has 22 heavy (non-hydrogen) atoms. The number of nitrogens with zero attached hydrogens (tertiary/aromatic N) is 3. The molecular formula is C17H24N4O. The predicted molar refractivity (Wildman–Crippen MR) is 86.4 cm³/mol. The van der Waals surface area contributed by atoms with Gasteiger partial charge in [-0.15, -0.1) is 0 Å². The summed E-state index contributed by atoms with van der Waals surface area (Å²) >= 11 is 0. The van der Waals surface area contributed by atoms with Crippen molar-refractivity contribution in [2.45, 2.75) is 33.6 Å². The minimum absolute atomic E-state index is 0.0983. The lowest BCUT2D eigenvalue weighted by atomic mass is 9.94. The fraction of sp³-hybridized carbons (Fsp3) is 0.588. The van der Waals surface area contributed by atoms with Crippen molar-refractivity contribution in [3.63, 3.8) is 0 Å². The lowest BCUT2D eigenvalue weighted by Gasteiger charge is -2.34. The van der Waals surface area contributed by atoms with Crippen LogP contribution in [0, 0.1) is 22.7 Å². The van der Waals surface area contributed by atoms with Gasteiger partial charge in [0.1, 0.15) is 11.9 Å². The van der Waals surface area contributed by atoms with Crippen LogP contribution in [0.25, 0.3) is 0 Å². The van der Waals surface area contributed by atoms with Gasteiger partial charge in [-0.2, -0.15) is 5.26 Å². The van der Waals surface area contributed by atoms with Gasteiger partial charge in [0.2, 0.25) is 5.91 Å². The van der Waals surface area contributed by atoms with Crippen LogP contribution in [0.5, 0.6) is 0 Å². The Bertz CT molecular complexity index is 554. The monoisotopic (exact) mass is 300 g/mol. The zero-order chi connectivity index (χ0) is 16.2. The summed E-state index contributed by atoms with van der Waals surface area (Å²) < 4.78 is 0. The molecule has 1 aliphatic heterocycles. The fourth-order valence-electron chi connectivity index (χ4n) is 2.58. The van der Waals surface area contributed by atoms with E-state index >= 15 is 0 Å². The van der Waals surface area contributed by atoms with E-state index in [0.29, 0.717) is 18.0 Å². The molecule has 118 valence electrons. The molecule has 0 aromatic carbocycles. The Morgan fingerprint density at radius 1 is 1.50 bits per heavy atom. The Kier molecular flexibility index (Phi) is 5.02. The number of nitrogens with one attached hydrogen (secondary N) is 1. The van der Waals surface area contributed by atoms with E-state index in [1.54, 1.807) is 12.3 Å². The maximum absolute atomic E-state index is 12.0. The van der Waals surface area contributed by atoms with Crippen LogP contribution >= 0.6 is 0 Å². The second-order valence-electron chi connectivity index (χ2n) is 6.93. The average molecular weight is 300 g/mol. The minimum atomic E-state index is -0.344. The molecule has 1 N–H and O–H groups in total. The lowest BCUT2D eigenvalue weighted by Crippen LogP contribution is -2.43. The van der Waals surface area contributed by atoms with Crippen molar-refractivity contribution < 1.29 is 4.79 Å². The predicted octanol–water partition coefficient (Wildman–Crippen LogP) is 2.33. The average Bonchev–Trinajstić information content (AvgIpc) is 2.52. The van der Waals surface area contributed by atoms with Crippen molar-refractivity contribution in [2.75, 3.05) is 24.5 Å². The van der Waals surface area contributed by atoms with E-state index in [9.17, 15) is 4.79 Å². The first-order valence-electron chi connectivity index (χ1n) is 7.79. The van der Waals surface area contributed by atoms with Gasteiger partial charge in [-0.25, -0.2) is 4.98 Å². The van der Waals surface area contributed by atoms with Crippen LogP contribution in [0.2, 0.25) is 0 Å². The maximum atomic E-state index is 12.0. The molecule has 5 nitrogen and oxygen atoms in total. The number of pyridine rings is 1. The molecule has 0 saturated carbocycles. The van der Waals surface area contributed by atoms with Crippen LogP contribution in [0.3, 0.4) is 0 Å². The Hall–Kier alpha value is -2.09. The molecule has 2 heterocycles. The van der Waals surface area contributed by atoms with Crippen LogP contribution in [-0.2, 0) is 4.79 Å². The summed E-state index contributed by atoms with van der Waals surface area (Å²) in [6.45, 7) is 8.36. The lowest BCUT2D eigenvalue weighted by molar-refractivity contribution is -0.128. The highest BCUT2D eigenvalue weighted by molar-refractivity contribution is 5.81. The Labute approximate surface area is 132 Å². The van der Waals surface area contributed by atoms with Gasteiger partial charge in [-0.05, 0) is 30.9 Å². The topological polar surface area (TPSA) is 69.0 Å². The largest absolute Gasteiger partial charge is 0.356 e. The Balaban J connectivity index is 1.91. The molecule has 2 rings (SSSR count). The molecule has 0 radical (unpaired) electrons. The molecule has 1 aromatic rings. The molecule has 1 aliphatic rings. The van der Waals surface area contributed by atoms with Crippen molar-refractivity contribution in [2.24, 2.45) is 11.3 Å². The van der Waals surface area contributed by atoms with E-state index in [4.69, 9.17) is 5.26 Å². The summed E-state index contributed by atoms with van der Waals surface area (Å²) in [5.74, 6) is 1.45. The maximum Gasteiger partial charge on any atom is 0.225 e. The SMILES string of the molecule is CC(C)(C)C(=O)NCC1CCCN(c2ccc(C#N)cn2)C1. The number of rotatable bonds is 3. The highest BCUT2D eigenvalue weighted by atomic mass is 16.2. The van der Waals surface area contributed by atoms with Crippen LogP contribution in [0.4, 0.5) is 5.82 Å². The van der Waals surface area contributed by atoms with Crippen molar-refractivity contribution >= 4 is 11.7 Å². The molecule has 0 spiro atoms. The van der Waals surface area contributed by atoms with E-state index in [-0.39, 0.29) is 11.3 Å². The third kappa shape index (κ3) is 4.20. The van der Waals surface area contributed by atoms with Gasteiger partial charge in [-0.3, -0.25) is 4.79 Å². The number of anilines is 1. The van der Waals surface area contributed by atoms with Gasteiger partial charge < -0.3 is 10.2 Å².